The fourth-order valence-corrected chi connectivity index (χ4v) is 2.04. The third-order valence-electron chi connectivity index (χ3n) is 2.92. The topological polar surface area (TPSA) is 76.0 Å². The molecule has 0 radical (unpaired) electrons. The van der Waals surface area contributed by atoms with E-state index in [1.807, 2.05) is 0 Å². The third kappa shape index (κ3) is 4.40. The molecule has 0 amide bonds. The van der Waals surface area contributed by atoms with Crippen LogP contribution in [0.25, 0.3) is 0 Å². The molecule has 1 saturated carbocycles. The molecule has 0 aromatic carbocycles. The highest BCUT2D eigenvalue weighted by Gasteiger charge is 2.27. The van der Waals surface area contributed by atoms with Gasteiger partial charge in [-0.1, -0.05) is 34.4 Å². The molecule has 1 N–H and O–H groups in total. The van der Waals surface area contributed by atoms with Gasteiger partial charge < -0.3 is 9.94 Å². The van der Waals surface area contributed by atoms with Crippen molar-refractivity contribution in [2.45, 2.75) is 56.4 Å². The number of oxime groups is 1. The predicted molar refractivity (Wildman–Crippen MR) is 71.0 cm³/mol. The van der Waals surface area contributed by atoms with Crippen molar-refractivity contribution in [1.82, 2.24) is 0 Å². The van der Waals surface area contributed by atoms with Gasteiger partial charge in [0.25, 0.3) is 0 Å². The Morgan fingerprint density at radius 3 is 2.50 bits per heavy atom. The van der Waals surface area contributed by atoms with Gasteiger partial charge in [0, 0.05) is 0 Å². The monoisotopic (exact) mass is 319 g/mol. The van der Waals surface area contributed by atoms with Crippen molar-refractivity contribution in [2.75, 3.05) is 0 Å². The zero-order valence-electron chi connectivity index (χ0n) is 10.4. The van der Waals surface area contributed by atoms with Crippen LogP contribution in [0.3, 0.4) is 0 Å². The number of Topliss-reactive ketones (excluding diaryl/α,β-unsaturated/α-hetero) is 1. The minimum absolute atomic E-state index is 0.0590. The molecule has 18 heavy (non-hydrogen) atoms. The lowest BCUT2D eigenvalue weighted by Gasteiger charge is -2.19. The van der Waals surface area contributed by atoms with E-state index in [1.54, 1.807) is 6.92 Å². The van der Waals surface area contributed by atoms with Crippen molar-refractivity contribution >= 4 is 33.4 Å². The third-order valence-corrected chi connectivity index (χ3v) is 3.99. The molecule has 1 unspecified atom stereocenters. The van der Waals surface area contributed by atoms with E-state index in [-0.39, 0.29) is 6.10 Å². The average Bonchev–Trinajstić information content (AvgIpc) is 2.38. The molecule has 1 aliphatic carbocycles. The van der Waals surface area contributed by atoms with Crippen molar-refractivity contribution < 1.29 is 19.5 Å². The normalized spacial score (nSPS) is 19.3. The summed E-state index contributed by atoms with van der Waals surface area (Å²) in [6, 6.07) is 0. The fourth-order valence-electron chi connectivity index (χ4n) is 1.82. The van der Waals surface area contributed by atoms with E-state index >= 15 is 0 Å². The van der Waals surface area contributed by atoms with Crippen LogP contribution in [-0.4, -0.2) is 33.5 Å². The Labute approximate surface area is 115 Å². The average molecular weight is 320 g/mol. The van der Waals surface area contributed by atoms with Crippen LogP contribution in [0.2, 0.25) is 0 Å². The predicted octanol–water partition coefficient (Wildman–Crippen LogP) is 2.52. The summed E-state index contributed by atoms with van der Waals surface area (Å²) in [5.41, 5.74) is -0.524. The molecule has 102 valence electrons. The molecule has 1 fully saturated rings. The number of carboxylic acid groups (broad SMARTS) is 1. The first-order valence-corrected chi connectivity index (χ1v) is 7.13. The first kappa shape index (κ1) is 15.1. The first-order valence-electron chi connectivity index (χ1n) is 6.21. The molecular formula is C12H18BrNO4. The number of hydrogen-bond donors (Lipinski definition) is 1. The maximum absolute atomic E-state index is 11.7. The lowest BCUT2D eigenvalue weighted by atomic mass is 9.98. The van der Waals surface area contributed by atoms with Crippen LogP contribution in [-0.2, 0) is 14.4 Å². The van der Waals surface area contributed by atoms with Crippen LogP contribution in [0, 0.1) is 0 Å². The number of nitrogens with zero attached hydrogens (tertiary/aromatic N) is 1. The van der Waals surface area contributed by atoms with E-state index in [0.717, 1.165) is 25.7 Å². The number of aliphatic carboxylic acids is 1. The van der Waals surface area contributed by atoms with Crippen molar-refractivity contribution in [3.05, 3.63) is 0 Å². The van der Waals surface area contributed by atoms with Gasteiger partial charge in [0.15, 0.2) is 0 Å². The summed E-state index contributed by atoms with van der Waals surface area (Å²) in [5.74, 6) is -1.88. The van der Waals surface area contributed by atoms with Gasteiger partial charge in [0.1, 0.15) is 6.10 Å². The summed E-state index contributed by atoms with van der Waals surface area (Å²) in [6.45, 7) is 1.79. The Balaban J connectivity index is 2.65. The molecule has 0 aliphatic heterocycles. The molecule has 5 nitrogen and oxygen atoms in total. The Morgan fingerprint density at radius 1 is 1.39 bits per heavy atom. The summed E-state index contributed by atoms with van der Waals surface area (Å²) in [4.78, 5) is 27.4. The van der Waals surface area contributed by atoms with Gasteiger partial charge in [-0.05, 0) is 32.1 Å². The largest absolute Gasteiger partial charge is 0.476 e. The number of ketones is 1. The SMILES string of the molecule is CCC(Br)C(=O)/C(=N\OC1CCCCC1)C(=O)O. The molecule has 0 saturated heterocycles. The van der Waals surface area contributed by atoms with Crippen LogP contribution >= 0.6 is 15.9 Å². The standard InChI is InChI=1S/C12H18BrNO4/c1-2-9(13)11(15)10(12(16)17)14-18-8-6-4-3-5-7-8/h8-9H,2-7H2,1H3,(H,16,17)/b14-10+. The number of hydrogen-bond acceptors (Lipinski definition) is 4. The van der Waals surface area contributed by atoms with E-state index < -0.39 is 22.3 Å². The van der Waals surface area contributed by atoms with E-state index in [9.17, 15) is 9.59 Å². The molecule has 1 atom stereocenters. The quantitative estimate of drug-likeness (QED) is 0.353. The van der Waals surface area contributed by atoms with Crippen LogP contribution in [0.15, 0.2) is 5.16 Å². The molecular weight excluding hydrogens is 302 g/mol. The Kier molecular flexibility index (Phi) is 6.32. The molecule has 1 aliphatic rings. The number of carbonyl (C=O) groups excluding carboxylic acids is 1. The van der Waals surface area contributed by atoms with Crippen LogP contribution in [0.1, 0.15) is 45.4 Å². The summed E-state index contributed by atoms with van der Waals surface area (Å²) < 4.78 is 0. The van der Waals surface area contributed by atoms with E-state index in [1.165, 1.54) is 6.42 Å². The van der Waals surface area contributed by atoms with Crippen LogP contribution in [0.5, 0.6) is 0 Å². The molecule has 0 aromatic heterocycles. The van der Waals surface area contributed by atoms with E-state index in [2.05, 4.69) is 21.1 Å². The van der Waals surface area contributed by atoms with Gasteiger partial charge in [-0.25, -0.2) is 4.79 Å². The second-order valence-electron chi connectivity index (χ2n) is 4.35. The van der Waals surface area contributed by atoms with Crippen LogP contribution in [0.4, 0.5) is 0 Å². The lowest BCUT2D eigenvalue weighted by Crippen LogP contribution is -2.31. The summed E-state index contributed by atoms with van der Waals surface area (Å²) in [7, 11) is 0. The number of halogens is 1. The summed E-state index contributed by atoms with van der Waals surface area (Å²) >= 11 is 3.13. The van der Waals surface area contributed by atoms with Crippen molar-refractivity contribution in [1.29, 1.82) is 0 Å². The highest BCUT2D eigenvalue weighted by Crippen LogP contribution is 2.20. The van der Waals surface area contributed by atoms with Gasteiger partial charge >= 0.3 is 5.97 Å². The summed E-state index contributed by atoms with van der Waals surface area (Å²) in [6.07, 6.45) is 5.49. The Morgan fingerprint density at radius 2 is 2.00 bits per heavy atom. The Hall–Kier alpha value is -0.910. The summed E-state index contributed by atoms with van der Waals surface area (Å²) in [5, 5.41) is 12.5. The molecule has 0 heterocycles. The van der Waals surface area contributed by atoms with E-state index in [0.29, 0.717) is 6.42 Å². The minimum atomic E-state index is -1.34. The Bertz CT molecular complexity index is 337. The van der Waals surface area contributed by atoms with Gasteiger partial charge in [-0.15, -0.1) is 0 Å². The molecule has 0 bridgehead atoms. The number of rotatable bonds is 6. The highest BCUT2D eigenvalue weighted by molar-refractivity contribution is 9.10. The minimum Gasteiger partial charge on any atom is -0.476 e. The van der Waals surface area contributed by atoms with Crippen LogP contribution < -0.4 is 0 Å². The number of carboxylic acids is 1. The maximum Gasteiger partial charge on any atom is 0.361 e. The molecule has 6 heteroatoms. The maximum atomic E-state index is 11.7. The smallest absolute Gasteiger partial charge is 0.361 e. The van der Waals surface area contributed by atoms with Gasteiger partial charge in [0.05, 0.1) is 4.83 Å². The van der Waals surface area contributed by atoms with Gasteiger partial charge in [-0.2, -0.15) is 0 Å². The second kappa shape index (κ2) is 7.51. The van der Waals surface area contributed by atoms with Gasteiger partial charge in [0.2, 0.25) is 11.5 Å². The highest BCUT2D eigenvalue weighted by atomic mass is 79.9. The zero-order valence-corrected chi connectivity index (χ0v) is 12.0. The lowest BCUT2D eigenvalue weighted by molar-refractivity contribution is -0.130. The van der Waals surface area contributed by atoms with E-state index in [4.69, 9.17) is 9.94 Å². The number of carbonyl (C=O) groups is 2. The van der Waals surface area contributed by atoms with Gasteiger partial charge in [-0.3, -0.25) is 4.79 Å². The molecule has 0 spiro atoms. The fraction of sp³-hybridized carbons (Fsp3) is 0.750. The second-order valence-corrected chi connectivity index (χ2v) is 5.46. The molecule has 0 aromatic rings. The molecule has 1 rings (SSSR count). The van der Waals surface area contributed by atoms with Crippen molar-refractivity contribution in [2.24, 2.45) is 5.16 Å². The zero-order chi connectivity index (χ0) is 13.5. The van der Waals surface area contributed by atoms with Crippen molar-refractivity contribution in [3.63, 3.8) is 0 Å². The number of alkyl halides is 1. The first-order chi connectivity index (χ1) is 8.56. The van der Waals surface area contributed by atoms with Crippen molar-refractivity contribution in [3.8, 4) is 0 Å².